The lowest BCUT2D eigenvalue weighted by Gasteiger charge is -2.10. The zero-order chi connectivity index (χ0) is 21.0. The largest absolute Gasteiger partial charge is 0.494 e. The summed E-state index contributed by atoms with van der Waals surface area (Å²) in [5, 5.41) is 16.7. The summed E-state index contributed by atoms with van der Waals surface area (Å²) >= 11 is 0. The number of fused-ring (bicyclic) bond motifs is 1. The van der Waals surface area contributed by atoms with E-state index in [1.807, 2.05) is 18.5 Å². The van der Waals surface area contributed by atoms with E-state index in [-0.39, 0.29) is 18.4 Å². The van der Waals surface area contributed by atoms with Crippen molar-refractivity contribution in [1.82, 2.24) is 14.8 Å². The maximum atomic E-state index is 12.7. The zero-order valence-corrected chi connectivity index (χ0v) is 16.7. The first-order valence-electron chi connectivity index (χ1n) is 9.46. The highest BCUT2D eigenvalue weighted by Gasteiger charge is 2.15. The third-order valence-corrected chi connectivity index (χ3v) is 4.41. The van der Waals surface area contributed by atoms with Gasteiger partial charge in [0.15, 0.2) is 5.65 Å². The van der Waals surface area contributed by atoms with Crippen LogP contribution in [0.2, 0.25) is 0 Å². The van der Waals surface area contributed by atoms with Crippen molar-refractivity contribution in [3.05, 3.63) is 47.8 Å². The van der Waals surface area contributed by atoms with E-state index in [1.54, 1.807) is 43.5 Å². The third kappa shape index (κ3) is 4.90. The molecule has 3 rings (SSSR count). The monoisotopic (exact) mass is 396 g/mol. The summed E-state index contributed by atoms with van der Waals surface area (Å²) in [7, 11) is 0. The molecule has 1 aromatic carbocycles. The van der Waals surface area contributed by atoms with E-state index < -0.39 is 5.97 Å². The van der Waals surface area contributed by atoms with Crippen molar-refractivity contribution in [1.29, 1.82) is 0 Å². The Morgan fingerprint density at radius 1 is 1.24 bits per heavy atom. The van der Waals surface area contributed by atoms with E-state index in [4.69, 9.17) is 9.84 Å². The number of hydrogen-bond donors (Lipinski definition) is 2. The van der Waals surface area contributed by atoms with Crippen molar-refractivity contribution >= 4 is 28.6 Å². The molecule has 0 fully saturated rings. The molecule has 0 radical (unpaired) electrons. The summed E-state index contributed by atoms with van der Waals surface area (Å²) in [6.45, 7) is 6.19. The number of hydrogen-bond acceptors (Lipinski definition) is 5. The van der Waals surface area contributed by atoms with E-state index in [1.165, 1.54) is 0 Å². The fraction of sp³-hybridized carbons (Fsp3) is 0.333. The van der Waals surface area contributed by atoms with Crippen LogP contribution in [-0.2, 0) is 4.79 Å². The molecule has 0 unspecified atom stereocenters. The first-order chi connectivity index (χ1) is 13.8. The molecular formula is C21H24N4O4. The highest BCUT2D eigenvalue weighted by molar-refractivity contribution is 6.06. The SMILES string of the molecule is Cc1nc2c(cnn2C(C)C)cc1C(=O)Nc1ccc(OCCCC(=O)O)cc1. The lowest BCUT2D eigenvalue weighted by molar-refractivity contribution is -0.137. The zero-order valence-electron chi connectivity index (χ0n) is 16.7. The first kappa shape index (κ1) is 20.3. The topological polar surface area (TPSA) is 106 Å². The van der Waals surface area contributed by atoms with Crippen molar-refractivity contribution < 1.29 is 19.4 Å². The van der Waals surface area contributed by atoms with Crippen molar-refractivity contribution in [3.63, 3.8) is 0 Å². The maximum absolute atomic E-state index is 12.7. The van der Waals surface area contributed by atoms with Crippen LogP contribution in [-0.4, -0.2) is 38.4 Å². The fourth-order valence-corrected chi connectivity index (χ4v) is 2.92. The van der Waals surface area contributed by atoms with Gasteiger partial charge in [0.25, 0.3) is 5.91 Å². The molecule has 2 N–H and O–H groups in total. The second-order valence-electron chi connectivity index (χ2n) is 7.04. The van der Waals surface area contributed by atoms with Crippen molar-refractivity contribution in [2.24, 2.45) is 0 Å². The molecule has 0 saturated heterocycles. The molecule has 8 nitrogen and oxygen atoms in total. The van der Waals surface area contributed by atoms with Gasteiger partial charge in [-0.25, -0.2) is 9.67 Å². The van der Waals surface area contributed by atoms with E-state index in [9.17, 15) is 9.59 Å². The van der Waals surface area contributed by atoms with Crippen LogP contribution in [0.5, 0.6) is 5.75 Å². The van der Waals surface area contributed by atoms with Crippen molar-refractivity contribution in [3.8, 4) is 5.75 Å². The number of carboxylic acids is 1. The molecule has 0 saturated carbocycles. The van der Waals surface area contributed by atoms with E-state index in [2.05, 4.69) is 15.4 Å². The van der Waals surface area contributed by atoms with Gasteiger partial charge in [-0.2, -0.15) is 5.10 Å². The molecule has 0 bridgehead atoms. The Balaban J connectivity index is 1.67. The van der Waals surface area contributed by atoms with Crippen LogP contribution in [0.3, 0.4) is 0 Å². The fourth-order valence-electron chi connectivity index (χ4n) is 2.92. The van der Waals surface area contributed by atoms with Gasteiger partial charge in [0.1, 0.15) is 5.75 Å². The van der Waals surface area contributed by atoms with Crippen molar-refractivity contribution in [2.75, 3.05) is 11.9 Å². The Labute approximate surface area is 168 Å². The normalized spacial score (nSPS) is 11.0. The van der Waals surface area contributed by atoms with Crippen LogP contribution in [0.25, 0.3) is 11.0 Å². The maximum Gasteiger partial charge on any atom is 0.303 e. The van der Waals surface area contributed by atoms with Crippen LogP contribution >= 0.6 is 0 Å². The lowest BCUT2D eigenvalue weighted by Crippen LogP contribution is -2.14. The number of nitrogens with one attached hydrogen (secondary N) is 1. The molecule has 8 heteroatoms. The van der Waals surface area contributed by atoms with Gasteiger partial charge in [0, 0.05) is 23.5 Å². The van der Waals surface area contributed by atoms with Gasteiger partial charge >= 0.3 is 5.97 Å². The molecule has 0 aliphatic rings. The molecule has 3 aromatic rings. The number of amides is 1. The highest BCUT2D eigenvalue weighted by atomic mass is 16.5. The number of aromatic nitrogens is 3. The molecule has 2 aromatic heterocycles. The minimum atomic E-state index is -0.841. The van der Waals surface area contributed by atoms with E-state index >= 15 is 0 Å². The number of carbonyl (C=O) groups excluding carboxylic acids is 1. The minimum absolute atomic E-state index is 0.0714. The number of pyridine rings is 1. The number of carboxylic acid groups (broad SMARTS) is 1. The van der Waals surface area contributed by atoms with Gasteiger partial charge in [-0.05, 0) is 57.5 Å². The number of aryl methyl sites for hydroxylation is 1. The first-order valence-corrected chi connectivity index (χ1v) is 9.46. The van der Waals surface area contributed by atoms with Gasteiger partial charge in [0.2, 0.25) is 0 Å². The molecule has 0 aliphatic heterocycles. The number of anilines is 1. The summed E-state index contributed by atoms with van der Waals surface area (Å²) in [5.41, 5.74) is 2.52. The summed E-state index contributed by atoms with van der Waals surface area (Å²) in [6.07, 6.45) is 2.23. The molecule has 0 aliphatic carbocycles. The Hall–Kier alpha value is -3.42. The highest BCUT2D eigenvalue weighted by Crippen LogP contribution is 2.21. The molecule has 0 atom stereocenters. The molecule has 2 heterocycles. The summed E-state index contributed by atoms with van der Waals surface area (Å²) in [6, 6.07) is 8.93. The summed E-state index contributed by atoms with van der Waals surface area (Å²) < 4.78 is 7.33. The number of ether oxygens (including phenoxy) is 1. The van der Waals surface area contributed by atoms with Crippen molar-refractivity contribution in [2.45, 2.75) is 39.7 Å². The van der Waals surface area contributed by atoms with Crippen LogP contribution < -0.4 is 10.1 Å². The van der Waals surface area contributed by atoms with Gasteiger partial charge in [-0.1, -0.05) is 0 Å². The smallest absolute Gasteiger partial charge is 0.303 e. The standard InChI is InChI=1S/C21H24N4O4/c1-13(2)25-20-15(12-22-25)11-18(14(3)23-20)21(28)24-16-6-8-17(9-7-16)29-10-4-5-19(26)27/h6-9,11-13H,4-5,10H2,1-3H3,(H,24,28)(H,26,27). The molecule has 0 spiro atoms. The number of nitrogens with zero attached hydrogens (tertiary/aromatic N) is 3. The third-order valence-electron chi connectivity index (χ3n) is 4.41. The van der Waals surface area contributed by atoms with Gasteiger partial charge in [-0.15, -0.1) is 0 Å². The Morgan fingerprint density at radius 2 is 1.97 bits per heavy atom. The van der Waals surface area contributed by atoms with E-state index in [0.717, 1.165) is 11.0 Å². The van der Waals surface area contributed by atoms with Gasteiger partial charge in [0.05, 0.1) is 24.1 Å². The minimum Gasteiger partial charge on any atom is -0.494 e. The Bertz CT molecular complexity index is 1030. The summed E-state index contributed by atoms with van der Waals surface area (Å²) in [4.78, 5) is 27.8. The second-order valence-corrected chi connectivity index (χ2v) is 7.04. The van der Waals surface area contributed by atoms with Gasteiger partial charge < -0.3 is 15.2 Å². The van der Waals surface area contributed by atoms with E-state index in [0.29, 0.717) is 35.7 Å². The van der Waals surface area contributed by atoms with Gasteiger partial charge in [-0.3, -0.25) is 9.59 Å². The Kier molecular flexibility index (Phi) is 6.11. The second kappa shape index (κ2) is 8.72. The van der Waals surface area contributed by atoms with Crippen LogP contribution in [0, 0.1) is 6.92 Å². The van der Waals surface area contributed by atoms with Crippen LogP contribution in [0.1, 0.15) is 48.8 Å². The number of benzene rings is 1. The number of carbonyl (C=O) groups is 2. The molecule has 1 amide bonds. The van der Waals surface area contributed by atoms with Crippen LogP contribution in [0.15, 0.2) is 36.5 Å². The summed E-state index contributed by atoms with van der Waals surface area (Å²) in [5.74, 6) is -0.468. The predicted octanol–water partition coefficient (Wildman–Crippen LogP) is 3.82. The number of rotatable bonds is 8. The number of aliphatic carboxylic acids is 1. The average Bonchev–Trinajstić information content (AvgIpc) is 3.08. The Morgan fingerprint density at radius 3 is 2.62 bits per heavy atom. The predicted molar refractivity (Wildman–Crippen MR) is 109 cm³/mol. The van der Waals surface area contributed by atoms with Crippen LogP contribution in [0.4, 0.5) is 5.69 Å². The molecule has 29 heavy (non-hydrogen) atoms. The average molecular weight is 396 g/mol. The molecule has 152 valence electrons. The molecular weight excluding hydrogens is 372 g/mol. The quantitative estimate of drug-likeness (QED) is 0.561. The lowest BCUT2D eigenvalue weighted by atomic mass is 10.1.